The number of methoxy groups -OCH3 is 1. The third kappa shape index (κ3) is 3.15. The summed E-state index contributed by atoms with van der Waals surface area (Å²) in [5.41, 5.74) is 0.0192. The Labute approximate surface area is 132 Å². The Bertz CT molecular complexity index is 607. The number of carbonyl (C=O) groups is 1. The summed E-state index contributed by atoms with van der Waals surface area (Å²) in [7, 11) is 1.18. The number of aliphatic hydroxyl groups excluding tert-OH is 1. The number of nitro groups is 1. The Balaban J connectivity index is 2.45. The second-order valence-electron chi connectivity index (χ2n) is 5.35. The number of hydrogen-bond donors (Lipinski definition) is 1. The third-order valence-corrected chi connectivity index (χ3v) is 4.24. The highest BCUT2D eigenvalue weighted by molar-refractivity contribution is 6.34. The van der Waals surface area contributed by atoms with Crippen LogP contribution in [-0.2, 0) is 4.74 Å². The number of aliphatic hydroxyl groups is 1. The standard InChI is InChI=1S/C14H17ClN2O5/c1-8-3-4-16(7-13(8)18)11-6-10(15)9(14(19)22-2)5-12(11)17(20)21/h5-6,8,13,18H,3-4,7H2,1-2H3. The zero-order chi connectivity index (χ0) is 16.4. The largest absolute Gasteiger partial charge is 0.465 e. The third-order valence-electron chi connectivity index (χ3n) is 3.93. The summed E-state index contributed by atoms with van der Waals surface area (Å²) in [4.78, 5) is 24.1. The molecule has 2 rings (SSSR count). The molecule has 1 aliphatic rings. The van der Waals surface area contributed by atoms with Gasteiger partial charge in [0.2, 0.25) is 0 Å². The Kier molecular flexibility index (Phi) is 4.87. The number of β-amino-alcohol motifs (C(OH)–C–C–N with tert-alkyl or cyclic N) is 1. The average molecular weight is 329 g/mol. The second kappa shape index (κ2) is 6.50. The molecule has 0 saturated carbocycles. The van der Waals surface area contributed by atoms with Crippen LogP contribution in [0.3, 0.4) is 0 Å². The quantitative estimate of drug-likeness (QED) is 0.519. The Morgan fingerprint density at radius 3 is 2.77 bits per heavy atom. The van der Waals surface area contributed by atoms with Gasteiger partial charge in [0.15, 0.2) is 0 Å². The summed E-state index contributed by atoms with van der Waals surface area (Å²) >= 11 is 6.05. The summed E-state index contributed by atoms with van der Waals surface area (Å²) in [5.74, 6) is -0.591. The molecule has 0 aliphatic carbocycles. The van der Waals surface area contributed by atoms with Gasteiger partial charge in [-0.25, -0.2) is 4.79 Å². The van der Waals surface area contributed by atoms with Crippen molar-refractivity contribution in [3.63, 3.8) is 0 Å². The molecule has 0 bridgehead atoms. The number of ether oxygens (including phenoxy) is 1. The Morgan fingerprint density at radius 2 is 2.23 bits per heavy atom. The van der Waals surface area contributed by atoms with Crippen LogP contribution in [0.4, 0.5) is 11.4 Å². The van der Waals surface area contributed by atoms with Crippen molar-refractivity contribution in [3.05, 3.63) is 32.8 Å². The van der Waals surface area contributed by atoms with Crippen LogP contribution in [0.25, 0.3) is 0 Å². The van der Waals surface area contributed by atoms with E-state index < -0.39 is 17.0 Å². The van der Waals surface area contributed by atoms with Gasteiger partial charge in [-0.05, 0) is 18.4 Å². The molecule has 2 atom stereocenters. The SMILES string of the molecule is COC(=O)c1cc([N+](=O)[O-])c(N2CCC(C)C(O)C2)cc1Cl. The number of hydrogen-bond acceptors (Lipinski definition) is 6. The Morgan fingerprint density at radius 1 is 1.55 bits per heavy atom. The van der Waals surface area contributed by atoms with Crippen LogP contribution in [-0.4, -0.2) is 42.3 Å². The molecule has 0 spiro atoms. The van der Waals surface area contributed by atoms with E-state index in [1.165, 1.54) is 13.2 Å². The first-order chi connectivity index (χ1) is 10.3. The normalized spacial score (nSPS) is 21.5. The molecular weight excluding hydrogens is 312 g/mol. The van der Waals surface area contributed by atoms with Gasteiger partial charge in [0.1, 0.15) is 5.69 Å². The maximum Gasteiger partial charge on any atom is 0.339 e. The van der Waals surface area contributed by atoms with E-state index in [1.54, 1.807) is 4.90 Å². The van der Waals surface area contributed by atoms with Crippen molar-refractivity contribution in [1.29, 1.82) is 0 Å². The van der Waals surface area contributed by atoms with E-state index in [4.69, 9.17) is 11.6 Å². The number of carbonyl (C=O) groups excluding carboxylic acids is 1. The van der Waals surface area contributed by atoms with Gasteiger partial charge in [0, 0.05) is 19.2 Å². The highest BCUT2D eigenvalue weighted by Gasteiger charge is 2.30. The van der Waals surface area contributed by atoms with E-state index in [0.717, 1.165) is 6.07 Å². The van der Waals surface area contributed by atoms with Crippen LogP contribution in [0.15, 0.2) is 12.1 Å². The number of halogens is 1. The molecule has 7 nitrogen and oxygen atoms in total. The van der Waals surface area contributed by atoms with E-state index in [1.807, 2.05) is 6.92 Å². The van der Waals surface area contributed by atoms with Gasteiger partial charge in [0.25, 0.3) is 5.69 Å². The fourth-order valence-corrected chi connectivity index (χ4v) is 2.72. The van der Waals surface area contributed by atoms with Gasteiger partial charge in [-0.2, -0.15) is 0 Å². The molecule has 0 radical (unpaired) electrons. The van der Waals surface area contributed by atoms with Crippen molar-refractivity contribution in [1.82, 2.24) is 0 Å². The number of piperidine rings is 1. The zero-order valence-corrected chi connectivity index (χ0v) is 13.0. The monoisotopic (exact) mass is 328 g/mol. The van der Waals surface area contributed by atoms with Crippen molar-refractivity contribution < 1.29 is 19.6 Å². The predicted molar refractivity (Wildman–Crippen MR) is 81.4 cm³/mol. The van der Waals surface area contributed by atoms with Crippen LogP contribution in [0.2, 0.25) is 5.02 Å². The number of esters is 1. The van der Waals surface area contributed by atoms with Crippen LogP contribution in [0.1, 0.15) is 23.7 Å². The van der Waals surface area contributed by atoms with Gasteiger partial charge >= 0.3 is 5.97 Å². The minimum absolute atomic E-state index is 0.0504. The zero-order valence-electron chi connectivity index (χ0n) is 12.3. The second-order valence-corrected chi connectivity index (χ2v) is 5.76. The van der Waals surface area contributed by atoms with Crippen LogP contribution in [0.5, 0.6) is 0 Å². The molecule has 8 heteroatoms. The summed E-state index contributed by atoms with van der Waals surface area (Å²) < 4.78 is 4.57. The molecule has 1 fully saturated rings. The minimum atomic E-state index is -0.730. The van der Waals surface area contributed by atoms with Crippen molar-refractivity contribution in [2.75, 3.05) is 25.1 Å². The Hall–Kier alpha value is -1.86. The first kappa shape index (κ1) is 16.5. The van der Waals surface area contributed by atoms with Crippen molar-refractivity contribution in [3.8, 4) is 0 Å². The van der Waals surface area contributed by atoms with Crippen molar-refractivity contribution >= 4 is 28.9 Å². The van der Waals surface area contributed by atoms with Crippen LogP contribution < -0.4 is 4.90 Å². The van der Waals surface area contributed by atoms with Gasteiger partial charge in [-0.1, -0.05) is 18.5 Å². The number of anilines is 1. The fraction of sp³-hybridized carbons (Fsp3) is 0.500. The smallest absolute Gasteiger partial charge is 0.339 e. The van der Waals surface area contributed by atoms with Crippen LogP contribution in [0, 0.1) is 16.0 Å². The van der Waals surface area contributed by atoms with Gasteiger partial charge < -0.3 is 14.7 Å². The average Bonchev–Trinajstić information content (AvgIpc) is 2.48. The number of benzene rings is 1. The maximum atomic E-state index is 11.6. The molecule has 1 aromatic rings. The molecule has 0 aromatic heterocycles. The van der Waals surface area contributed by atoms with E-state index in [2.05, 4.69) is 4.74 Å². The topological polar surface area (TPSA) is 92.9 Å². The maximum absolute atomic E-state index is 11.6. The highest BCUT2D eigenvalue weighted by Crippen LogP contribution is 2.36. The van der Waals surface area contributed by atoms with Crippen molar-refractivity contribution in [2.24, 2.45) is 5.92 Å². The lowest BCUT2D eigenvalue weighted by Gasteiger charge is -2.35. The predicted octanol–water partition coefficient (Wildman–Crippen LogP) is 2.24. The van der Waals surface area contributed by atoms with Crippen molar-refractivity contribution in [2.45, 2.75) is 19.4 Å². The number of rotatable bonds is 3. The molecular formula is C14H17ClN2O5. The van der Waals surface area contributed by atoms with E-state index in [0.29, 0.717) is 18.7 Å². The number of nitro benzene ring substituents is 1. The lowest BCUT2D eigenvalue weighted by Crippen LogP contribution is -2.43. The molecule has 1 aliphatic heterocycles. The lowest BCUT2D eigenvalue weighted by molar-refractivity contribution is -0.384. The summed E-state index contributed by atoms with van der Waals surface area (Å²) in [5, 5.41) is 21.4. The summed E-state index contributed by atoms with van der Waals surface area (Å²) in [6.07, 6.45) is 0.154. The number of nitrogens with zero attached hydrogens (tertiary/aromatic N) is 2. The molecule has 0 amide bonds. The highest BCUT2D eigenvalue weighted by atomic mass is 35.5. The summed E-state index contributed by atoms with van der Waals surface area (Å²) in [6.45, 7) is 2.80. The fourth-order valence-electron chi connectivity index (χ4n) is 2.48. The first-order valence-electron chi connectivity index (χ1n) is 6.84. The van der Waals surface area contributed by atoms with Crippen LogP contribution >= 0.6 is 11.6 Å². The molecule has 22 heavy (non-hydrogen) atoms. The molecule has 1 saturated heterocycles. The lowest BCUT2D eigenvalue weighted by atomic mass is 9.95. The molecule has 120 valence electrons. The summed E-state index contributed by atoms with van der Waals surface area (Å²) in [6, 6.07) is 2.50. The molecule has 1 heterocycles. The van der Waals surface area contributed by atoms with Gasteiger partial charge in [-0.3, -0.25) is 10.1 Å². The molecule has 1 aromatic carbocycles. The van der Waals surface area contributed by atoms with E-state index >= 15 is 0 Å². The van der Waals surface area contributed by atoms with E-state index in [-0.39, 0.29) is 28.7 Å². The first-order valence-corrected chi connectivity index (χ1v) is 7.22. The van der Waals surface area contributed by atoms with E-state index in [9.17, 15) is 20.0 Å². The molecule has 1 N–H and O–H groups in total. The van der Waals surface area contributed by atoms with Gasteiger partial charge in [-0.15, -0.1) is 0 Å². The van der Waals surface area contributed by atoms with Gasteiger partial charge in [0.05, 0.1) is 28.7 Å². The molecule has 2 unspecified atom stereocenters. The minimum Gasteiger partial charge on any atom is -0.465 e.